The highest BCUT2D eigenvalue weighted by Crippen LogP contribution is 2.26. The molecule has 1 aliphatic rings. The van der Waals surface area contributed by atoms with Crippen LogP contribution in [0.25, 0.3) is 0 Å². The van der Waals surface area contributed by atoms with E-state index in [0.717, 1.165) is 24.1 Å². The normalized spacial score (nSPS) is 22.6. The van der Waals surface area contributed by atoms with Gasteiger partial charge < -0.3 is 10.0 Å². The van der Waals surface area contributed by atoms with E-state index in [2.05, 4.69) is 22.0 Å². The van der Waals surface area contributed by atoms with E-state index in [0.29, 0.717) is 5.01 Å². The topological polar surface area (TPSA) is 49.2 Å². The molecular weight excluding hydrogens is 186 g/mol. The highest BCUT2D eigenvalue weighted by Gasteiger charge is 2.21. The largest absolute Gasteiger partial charge is 0.389 e. The van der Waals surface area contributed by atoms with Gasteiger partial charge in [0, 0.05) is 13.1 Å². The average molecular weight is 199 g/mol. The summed E-state index contributed by atoms with van der Waals surface area (Å²) in [7, 11) is 0. The summed E-state index contributed by atoms with van der Waals surface area (Å²) in [4.78, 5) is 2.24. The van der Waals surface area contributed by atoms with Gasteiger partial charge in [0.1, 0.15) is 5.01 Å². The fourth-order valence-corrected chi connectivity index (χ4v) is 2.28. The van der Waals surface area contributed by atoms with Gasteiger partial charge in [0.05, 0.1) is 6.61 Å². The molecule has 13 heavy (non-hydrogen) atoms. The molecule has 72 valence electrons. The SMILES string of the molecule is CC1CCN(c2nnc(CO)s2)C1. The van der Waals surface area contributed by atoms with Crippen LogP contribution in [-0.4, -0.2) is 28.4 Å². The summed E-state index contributed by atoms with van der Waals surface area (Å²) in [5.41, 5.74) is 0. The molecule has 1 N–H and O–H groups in total. The molecule has 0 saturated carbocycles. The minimum atomic E-state index is 0.00105. The smallest absolute Gasteiger partial charge is 0.208 e. The van der Waals surface area contributed by atoms with E-state index < -0.39 is 0 Å². The first-order valence-corrected chi connectivity index (χ1v) is 5.29. The van der Waals surface area contributed by atoms with Crippen molar-refractivity contribution < 1.29 is 5.11 Å². The Morgan fingerprint density at radius 2 is 2.46 bits per heavy atom. The molecule has 2 rings (SSSR count). The van der Waals surface area contributed by atoms with Crippen LogP contribution >= 0.6 is 11.3 Å². The lowest BCUT2D eigenvalue weighted by molar-refractivity contribution is 0.280. The summed E-state index contributed by atoms with van der Waals surface area (Å²) in [5, 5.41) is 18.4. The summed E-state index contributed by atoms with van der Waals surface area (Å²) in [6.45, 7) is 4.39. The number of rotatable bonds is 2. The number of aliphatic hydroxyl groups is 1. The zero-order valence-corrected chi connectivity index (χ0v) is 8.42. The third kappa shape index (κ3) is 1.81. The number of aromatic nitrogens is 2. The fraction of sp³-hybridized carbons (Fsp3) is 0.750. The second-order valence-corrected chi connectivity index (χ2v) is 4.52. The summed E-state index contributed by atoms with van der Waals surface area (Å²) >= 11 is 1.49. The molecule has 1 aromatic heterocycles. The Morgan fingerprint density at radius 1 is 1.62 bits per heavy atom. The van der Waals surface area contributed by atoms with E-state index in [9.17, 15) is 0 Å². The van der Waals surface area contributed by atoms with Crippen LogP contribution in [-0.2, 0) is 6.61 Å². The van der Waals surface area contributed by atoms with Crippen LogP contribution in [0.4, 0.5) is 5.13 Å². The lowest BCUT2D eigenvalue weighted by atomic mass is 10.2. The van der Waals surface area contributed by atoms with Gasteiger partial charge in [-0.1, -0.05) is 18.3 Å². The van der Waals surface area contributed by atoms with Gasteiger partial charge in [-0.15, -0.1) is 10.2 Å². The summed E-state index contributed by atoms with van der Waals surface area (Å²) in [6, 6.07) is 0. The molecule has 1 saturated heterocycles. The first-order chi connectivity index (χ1) is 6.29. The summed E-state index contributed by atoms with van der Waals surface area (Å²) in [5.74, 6) is 0.751. The second kappa shape index (κ2) is 3.59. The molecule has 1 aliphatic heterocycles. The highest BCUT2D eigenvalue weighted by molar-refractivity contribution is 7.15. The van der Waals surface area contributed by atoms with Crippen molar-refractivity contribution in [3.8, 4) is 0 Å². The Bertz CT molecular complexity index is 289. The predicted octanol–water partition coefficient (Wildman–Crippen LogP) is 0.877. The first kappa shape index (κ1) is 8.90. The fourth-order valence-electron chi connectivity index (χ4n) is 1.55. The van der Waals surface area contributed by atoms with Crippen molar-refractivity contribution in [2.24, 2.45) is 5.92 Å². The lowest BCUT2D eigenvalue weighted by Gasteiger charge is -2.12. The van der Waals surface area contributed by atoms with Gasteiger partial charge in [0.2, 0.25) is 5.13 Å². The highest BCUT2D eigenvalue weighted by atomic mass is 32.1. The zero-order chi connectivity index (χ0) is 9.26. The van der Waals surface area contributed by atoms with Gasteiger partial charge in [0.25, 0.3) is 0 Å². The van der Waals surface area contributed by atoms with Crippen molar-refractivity contribution >= 4 is 16.5 Å². The average Bonchev–Trinajstić information content (AvgIpc) is 2.71. The van der Waals surface area contributed by atoms with Crippen molar-refractivity contribution in [3.05, 3.63) is 5.01 Å². The molecule has 1 unspecified atom stereocenters. The summed E-state index contributed by atoms with van der Waals surface area (Å²) in [6.07, 6.45) is 1.23. The van der Waals surface area contributed by atoms with Gasteiger partial charge >= 0.3 is 0 Å². The Balaban J connectivity index is 2.08. The zero-order valence-electron chi connectivity index (χ0n) is 7.60. The van der Waals surface area contributed by atoms with Crippen molar-refractivity contribution in [3.63, 3.8) is 0 Å². The molecule has 1 atom stereocenters. The molecule has 0 radical (unpaired) electrons. The summed E-state index contributed by atoms with van der Waals surface area (Å²) < 4.78 is 0. The minimum Gasteiger partial charge on any atom is -0.389 e. The Labute approximate surface area is 81.2 Å². The van der Waals surface area contributed by atoms with E-state index in [1.807, 2.05) is 0 Å². The molecule has 4 nitrogen and oxygen atoms in total. The van der Waals surface area contributed by atoms with Crippen molar-refractivity contribution in [2.45, 2.75) is 20.0 Å². The van der Waals surface area contributed by atoms with Crippen molar-refractivity contribution in [2.75, 3.05) is 18.0 Å². The van der Waals surface area contributed by atoms with Gasteiger partial charge in [-0.3, -0.25) is 0 Å². The molecule has 0 aromatic carbocycles. The molecule has 0 aliphatic carbocycles. The maximum absolute atomic E-state index is 8.84. The van der Waals surface area contributed by atoms with Gasteiger partial charge in [0.15, 0.2) is 0 Å². The van der Waals surface area contributed by atoms with Crippen LogP contribution in [0.2, 0.25) is 0 Å². The number of nitrogens with zero attached hydrogens (tertiary/aromatic N) is 3. The molecule has 0 spiro atoms. The molecule has 0 amide bonds. The molecule has 0 bridgehead atoms. The van der Waals surface area contributed by atoms with E-state index in [1.54, 1.807) is 0 Å². The number of hydrogen-bond donors (Lipinski definition) is 1. The third-order valence-corrected chi connectivity index (χ3v) is 3.25. The maximum Gasteiger partial charge on any atom is 0.208 e. The quantitative estimate of drug-likeness (QED) is 0.768. The van der Waals surface area contributed by atoms with Crippen LogP contribution in [0.1, 0.15) is 18.4 Å². The van der Waals surface area contributed by atoms with E-state index in [-0.39, 0.29) is 6.61 Å². The minimum absolute atomic E-state index is 0.00105. The maximum atomic E-state index is 8.84. The van der Waals surface area contributed by atoms with Crippen LogP contribution < -0.4 is 4.90 Å². The van der Waals surface area contributed by atoms with Crippen molar-refractivity contribution in [1.29, 1.82) is 0 Å². The molecular formula is C8H13N3OS. The number of anilines is 1. The molecule has 1 fully saturated rings. The van der Waals surface area contributed by atoms with E-state index in [1.165, 1.54) is 17.8 Å². The lowest BCUT2D eigenvalue weighted by Crippen LogP contribution is -2.18. The Hall–Kier alpha value is -0.680. The first-order valence-electron chi connectivity index (χ1n) is 4.48. The third-order valence-electron chi connectivity index (χ3n) is 2.29. The van der Waals surface area contributed by atoms with Gasteiger partial charge in [-0.25, -0.2) is 0 Å². The molecule has 5 heteroatoms. The standard InChI is InChI=1S/C8H13N3OS/c1-6-2-3-11(4-6)8-10-9-7(5-12)13-8/h6,12H,2-5H2,1H3. The Morgan fingerprint density at radius 3 is 3.00 bits per heavy atom. The van der Waals surface area contributed by atoms with Crippen LogP contribution in [0.15, 0.2) is 0 Å². The van der Waals surface area contributed by atoms with Gasteiger partial charge in [-0.05, 0) is 12.3 Å². The molecule has 2 heterocycles. The van der Waals surface area contributed by atoms with Gasteiger partial charge in [-0.2, -0.15) is 0 Å². The second-order valence-electron chi connectivity index (χ2n) is 3.48. The monoisotopic (exact) mass is 199 g/mol. The van der Waals surface area contributed by atoms with Crippen LogP contribution in [0.3, 0.4) is 0 Å². The predicted molar refractivity (Wildman–Crippen MR) is 51.8 cm³/mol. The molecule has 1 aromatic rings. The number of hydrogen-bond acceptors (Lipinski definition) is 5. The Kier molecular flexibility index (Phi) is 2.46. The van der Waals surface area contributed by atoms with Crippen LogP contribution in [0.5, 0.6) is 0 Å². The van der Waals surface area contributed by atoms with E-state index in [4.69, 9.17) is 5.11 Å². The van der Waals surface area contributed by atoms with Crippen LogP contribution in [0, 0.1) is 5.92 Å². The van der Waals surface area contributed by atoms with E-state index >= 15 is 0 Å². The van der Waals surface area contributed by atoms with Crippen molar-refractivity contribution in [1.82, 2.24) is 10.2 Å². The number of aliphatic hydroxyl groups excluding tert-OH is 1.